The van der Waals surface area contributed by atoms with Gasteiger partial charge in [0.05, 0.1) is 6.26 Å². The molecule has 1 fully saturated rings. The molecule has 2 rings (SSSR count). The summed E-state index contributed by atoms with van der Waals surface area (Å²) < 4.78 is 24.4. The number of nitrogens with one attached hydrogen (secondary N) is 1. The van der Waals surface area contributed by atoms with Crippen LogP contribution in [0.25, 0.3) is 0 Å². The van der Waals surface area contributed by atoms with Crippen LogP contribution in [0.15, 0.2) is 30.3 Å². The van der Waals surface area contributed by atoms with Crippen molar-refractivity contribution in [2.45, 2.75) is 19.3 Å². The van der Waals surface area contributed by atoms with E-state index in [1.165, 1.54) is 10.6 Å². The normalized spacial score (nSPS) is 16.8. The van der Waals surface area contributed by atoms with Gasteiger partial charge in [0.15, 0.2) is 0 Å². The predicted octanol–water partition coefficient (Wildman–Crippen LogP) is 1.30. The summed E-state index contributed by atoms with van der Waals surface area (Å²) in [4.78, 5) is 14.3. The number of piperidine rings is 1. The minimum Gasteiger partial charge on any atom is -0.375 e. The van der Waals surface area contributed by atoms with Gasteiger partial charge in [0.25, 0.3) is 0 Å². The van der Waals surface area contributed by atoms with Gasteiger partial charge in [0, 0.05) is 44.8 Å². The summed E-state index contributed by atoms with van der Waals surface area (Å²) in [6.07, 6.45) is 3.29. The number of hydrogen-bond donors (Lipinski definition) is 1. The number of nitrogens with zero attached hydrogens (tertiary/aromatic N) is 2. The van der Waals surface area contributed by atoms with E-state index >= 15 is 0 Å². The van der Waals surface area contributed by atoms with E-state index in [0.717, 1.165) is 18.7 Å². The van der Waals surface area contributed by atoms with E-state index in [1.54, 1.807) is 0 Å². The molecule has 0 atom stereocenters. The number of rotatable bonds is 7. The molecule has 1 aliphatic heterocycles. The van der Waals surface area contributed by atoms with Crippen LogP contribution in [-0.4, -0.2) is 58.1 Å². The van der Waals surface area contributed by atoms with Gasteiger partial charge in [-0.3, -0.25) is 4.79 Å². The van der Waals surface area contributed by atoms with Crippen LogP contribution in [0.1, 0.15) is 19.3 Å². The number of anilines is 1. The van der Waals surface area contributed by atoms with Crippen molar-refractivity contribution in [3.05, 3.63) is 30.3 Å². The molecule has 1 saturated heterocycles. The van der Waals surface area contributed by atoms with Crippen LogP contribution < -0.4 is 10.2 Å². The Morgan fingerprint density at radius 2 is 1.88 bits per heavy atom. The van der Waals surface area contributed by atoms with Gasteiger partial charge in [-0.15, -0.1) is 0 Å². The fourth-order valence-corrected chi connectivity index (χ4v) is 3.81. The molecule has 1 aromatic rings. The second-order valence-corrected chi connectivity index (χ2v) is 8.32. The first kappa shape index (κ1) is 18.7. The minimum absolute atomic E-state index is 0.0468. The Balaban J connectivity index is 1.65. The Morgan fingerprint density at radius 1 is 1.25 bits per heavy atom. The van der Waals surface area contributed by atoms with Crippen molar-refractivity contribution in [1.82, 2.24) is 9.62 Å². The standard InChI is InChI=1S/C17H27N3O3S/c1-19(16-7-4-3-5-8-16)12-6-11-18-17(21)15-9-13-20(14-10-15)24(2,22)23/h3-5,7-8,15H,6,9-14H2,1-2H3,(H,18,21). The Bertz CT molecular complexity index is 626. The molecule has 1 heterocycles. The molecule has 6 nitrogen and oxygen atoms in total. The van der Waals surface area contributed by atoms with E-state index in [9.17, 15) is 13.2 Å². The highest BCUT2D eigenvalue weighted by Crippen LogP contribution is 2.19. The number of amides is 1. The molecular weight excluding hydrogens is 326 g/mol. The van der Waals surface area contributed by atoms with Crippen molar-refractivity contribution in [3.8, 4) is 0 Å². The average Bonchev–Trinajstić information content (AvgIpc) is 2.58. The van der Waals surface area contributed by atoms with Gasteiger partial charge in [0.1, 0.15) is 0 Å². The van der Waals surface area contributed by atoms with Gasteiger partial charge in [0.2, 0.25) is 15.9 Å². The Labute approximate surface area is 144 Å². The van der Waals surface area contributed by atoms with E-state index in [2.05, 4.69) is 22.3 Å². The Morgan fingerprint density at radius 3 is 2.46 bits per heavy atom. The van der Waals surface area contributed by atoms with Crippen molar-refractivity contribution in [2.24, 2.45) is 5.92 Å². The first-order valence-corrected chi connectivity index (χ1v) is 10.2. The van der Waals surface area contributed by atoms with E-state index in [0.29, 0.717) is 32.5 Å². The van der Waals surface area contributed by atoms with Crippen LogP contribution in [0.2, 0.25) is 0 Å². The summed E-state index contributed by atoms with van der Waals surface area (Å²) in [7, 11) is -1.10. The number of benzene rings is 1. The van der Waals surface area contributed by atoms with E-state index in [4.69, 9.17) is 0 Å². The summed E-state index contributed by atoms with van der Waals surface area (Å²) >= 11 is 0. The summed E-state index contributed by atoms with van der Waals surface area (Å²) in [6.45, 7) is 2.39. The molecule has 1 amide bonds. The molecule has 0 aliphatic carbocycles. The lowest BCUT2D eigenvalue weighted by Gasteiger charge is -2.29. The summed E-state index contributed by atoms with van der Waals surface area (Å²) in [6, 6.07) is 10.1. The molecule has 7 heteroatoms. The van der Waals surface area contributed by atoms with Crippen LogP contribution >= 0.6 is 0 Å². The van der Waals surface area contributed by atoms with Gasteiger partial charge in [-0.05, 0) is 31.4 Å². The molecule has 0 spiro atoms. The van der Waals surface area contributed by atoms with E-state index in [-0.39, 0.29) is 11.8 Å². The zero-order valence-electron chi connectivity index (χ0n) is 14.4. The zero-order chi connectivity index (χ0) is 17.6. The first-order chi connectivity index (χ1) is 11.4. The molecule has 0 unspecified atom stereocenters. The highest BCUT2D eigenvalue weighted by Gasteiger charge is 2.28. The fourth-order valence-electron chi connectivity index (χ4n) is 2.93. The lowest BCUT2D eigenvalue weighted by atomic mass is 9.97. The van der Waals surface area contributed by atoms with Crippen molar-refractivity contribution in [1.29, 1.82) is 0 Å². The van der Waals surface area contributed by atoms with Gasteiger partial charge in [-0.25, -0.2) is 12.7 Å². The van der Waals surface area contributed by atoms with Crippen molar-refractivity contribution >= 4 is 21.6 Å². The Hall–Kier alpha value is -1.60. The predicted molar refractivity (Wildman–Crippen MR) is 96.5 cm³/mol. The average molecular weight is 353 g/mol. The maximum absolute atomic E-state index is 12.2. The fraction of sp³-hybridized carbons (Fsp3) is 0.588. The van der Waals surface area contributed by atoms with Crippen LogP contribution in [0.4, 0.5) is 5.69 Å². The topological polar surface area (TPSA) is 69.7 Å². The summed E-state index contributed by atoms with van der Waals surface area (Å²) in [5.41, 5.74) is 1.16. The zero-order valence-corrected chi connectivity index (χ0v) is 15.3. The molecule has 1 N–H and O–H groups in total. The molecule has 0 aromatic heterocycles. The molecule has 134 valence electrons. The lowest BCUT2D eigenvalue weighted by Crippen LogP contribution is -2.43. The second-order valence-electron chi connectivity index (χ2n) is 6.34. The highest BCUT2D eigenvalue weighted by atomic mass is 32.2. The summed E-state index contributed by atoms with van der Waals surface area (Å²) in [5, 5.41) is 2.98. The van der Waals surface area contributed by atoms with Crippen molar-refractivity contribution < 1.29 is 13.2 Å². The third-order valence-electron chi connectivity index (χ3n) is 4.46. The molecular formula is C17H27N3O3S. The van der Waals surface area contributed by atoms with Crippen molar-refractivity contribution in [2.75, 3.05) is 44.4 Å². The molecule has 24 heavy (non-hydrogen) atoms. The molecule has 0 radical (unpaired) electrons. The SMILES string of the molecule is CN(CCCNC(=O)C1CCN(S(C)(=O)=O)CC1)c1ccccc1. The number of carbonyl (C=O) groups excluding carboxylic acids is 1. The smallest absolute Gasteiger partial charge is 0.223 e. The van der Waals surface area contributed by atoms with Crippen LogP contribution in [0.3, 0.4) is 0 Å². The van der Waals surface area contributed by atoms with E-state index < -0.39 is 10.0 Å². The molecule has 0 bridgehead atoms. The second kappa shape index (κ2) is 8.48. The minimum atomic E-state index is -3.14. The Kier molecular flexibility index (Phi) is 6.62. The lowest BCUT2D eigenvalue weighted by molar-refractivity contribution is -0.126. The van der Waals surface area contributed by atoms with Gasteiger partial charge in [-0.1, -0.05) is 18.2 Å². The molecule has 1 aliphatic rings. The number of carbonyl (C=O) groups is 1. The largest absolute Gasteiger partial charge is 0.375 e. The number of hydrogen-bond acceptors (Lipinski definition) is 4. The monoisotopic (exact) mass is 353 g/mol. The van der Waals surface area contributed by atoms with Crippen molar-refractivity contribution in [3.63, 3.8) is 0 Å². The van der Waals surface area contributed by atoms with Gasteiger partial charge < -0.3 is 10.2 Å². The number of para-hydroxylation sites is 1. The molecule has 1 aromatic carbocycles. The third-order valence-corrected chi connectivity index (χ3v) is 5.76. The van der Waals surface area contributed by atoms with Crippen LogP contribution in [-0.2, 0) is 14.8 Å². The highest BCUT2D eigenvalue weighted by molar-refractivity contribution is 7.88. The maximum atomic E-state index is 12.2. The van der Waals surface area contributed by atoms with Gasteiger partial charge in [-0.2, -0.15) is 0 Å². The number of sulfonamides is 1. The quantitative estimate of drug-likeness (QED) is 0.750. The maximum Gasteiger partial charge on any atom is 0.223 e. The first-order valence-electron chi connectivity index (χ1n) is 8.37. The van der Waals surface area contributed by atoms with Crippen LogP contribution in [0, 0.1) is 5.92 Å². The third kappa shape index (κ3) is 5.49. The van der Waals surface area contributed by atoms with Crippen LogP contribution in [0.5, 0.6) is 0 Å². The van der Waals surface area contributed by atoms with Gasteiger partial charge >= 0.3 is 0 Å². The van der Waals surface area contributed by atoms with E-state index in [1.807, 2.05) is 25.2 Å². The molecule has 0 saturated carbocycles. The summed E-state index contributed by atoms with van der Waals surface area (Å²) in [5.74, 6) is -0.0274.